The van der Waals surface area contributed by atoms with Crippen LogP contribution in [0.5, 0.6) is 0 Å². The SMILES string of the molecule is CCNC(CCCOC)C1CCOC2(CCOC2)C1. The Labute approximate surface area is 117 Å². The second kappa shape index (κ2) is 7.58. The van der Waals surface area contributed by atoms with Crippen molar-refractivity contribution in [2.45, 2.75) is 50.7 Å². The van der Waals surface area contributed by atoms with Gasteiger partial charge < -0.3 is 19.5 Å². The summed E-state index contributed by atoms with van der Waals surface area (Å²) in [5.74, 6) is 0.715. The number of ether oxygens (including phenoxy) is 3. The van der Waals surface area contributed by atoms with Crippen LogP contribution in [-0.2, 0) is 14.2 Å². The van der Waals surface area contributed by atoms with E-state index >= 15 is 0 Å². The maximum atomic E-state index is 6.03. The minimum absolute atomic E-state index is 0.0256. The van der Waals surface area contributed by atoms with E-state index in [1.54, 1.807) is 7.11 Å². The van der Waals surface area contributed by atoms with Crippen molar-refractivity contribution in [1.29, 1.82) is 0 Å². The van der Waals surface area contributed by atoms with Gasteiger partial charge in [0.05, 0.1) is 12.2 Å². The number of hydrogen-bond donors (Lipinski definition) is 1. The molecule has 2 saturated heterocycles. The summed E-state index contributed by atoms with van der Waals surface area (Å²) in [5, 5.41) is 3.67. The fourth-order valence-electron chi connectivity index (χ4n) is 3.49. The number of rotatable bonds is 7. The van der Waals surface area contributed by atoms with Crippen LogP contribution < -0.4 is 5.32 Å². The van der Waals surface area contributed by atoms with Crippen molar-refractivity contribution < 1.29 is 14.2 Å². The first kappa shape index (κ1) is 15.2. The van der Waals surface area contributed by atoms with Crippen LogP contribution in [0.3, 0.4) is 0 Å². The average Bonchev–Trinajstić information content (AvgIpc) is 2.86. The summed E-state index contributed by atoms with van der Waals surface area (Å²) in [6.07, 6.45) is 5.72. The third kappa shape index (κ3) is 4.15. The second-order valence-corrected chi connectivity index (χ2v) is 5.89. The first-order valence-electron chi connectivity index (χ1n) is 7.74. The molecule has 0 aromatic heterocycles. The lowest BCUT2D eigenvalue weighted by Gasteiger charge is -2.40. The lowest BCUT2D eigenvalue weighted by molar-refractivity contribution is -0.103. The highest BCUT2D eigenvalue weighted by Crippen LogP contribution is 2.37. The highest BCUT2D eigenvalue weighted by Gasteiger charge is 2.42. The summed E-state index contributed by atoms with van der Waals surface area (Å²) in [6, 6.07) is 0.599. The molecule has 0 aromatic rings. The topological polar surface area (TPSA) is 39.7 Å². The molecule has 0 aromatic carbocycles. The minimum Gasteiger partial charge on any atom is -0.385 e. The van der Waals surface area contributed by atoms with Crippen LogP contribution in [0, 0.1) is 5.92 Å². The first-order chi connectivity index (χ1) is 9.29. The molecule has 2 aliphatic rings. The second-order valence-electron chi connectivity index (χ2n) is 5.89. The fourth-order valence-corrected chi connectivity index (χ4v) is 3.49. The van der Waals surface area contributed by atoms with Gasteiger partial charge in [-0.05, 0) is 38.1 Å². The Morgan fingerprint density at radius 1 is 1.42 bits per heavy atom. The lowest BCUT2D eigenvalue weighted by Crippen LogP contribution is -2.47. The van der Waals surface area contributed by atoms with Gasteiger partial charge in [0.15, 0.2) is 0 Å². The van der Waals surface area contributed by atoms with Gasteiger partial charge in [-0.1, -0.05) is 6.92 Å². The zero-order valence-electron chi connectivity index (χ0n) is 12.5. The average molecular weight is 271 g/mol. The van der Waals surface area contributed by atoms with Crippen molar-refractivity contribution in [2.24, 2.45) is 5.92 Å². The molecule has 2 heterocycles. The zero-order valence-corrected chi connectivity index (χ0v) is 12.5. The van der Waals surface area contributed by atoms with Gasteiger partial charge in [-0.25, -0.2) is 0 Å². The molecule has 3 atom stereocenters. The van der Waals surface area contributed by atoms with Crippen LogP contribution in [0.4, 0.5) is 0 Å². The lowest BCUT2D eigenvalue weighted by atomic mass is 9.80. The Morgan fingerprint density at radius 2 is 2.32 bits per heavy atom. The van der Waals surface area contributed by atoms with Gasteiger partial charge in [0, 0.05) is 39.4 Å². The molecular weight excluding hydrogens is 242 g/mol. The van der Waals surface area contributed by atoms with E-state index in [0.717, 1.165) is 52.2 Å². The van der Waals surface area contributed by atoms with E-state index in [0.29, 0.717) is 12.0 Å². The fraction of sp³-hybridized carbons (Fsp3) is 1.00. The Kier molecular flexibility index (Phi) is 6.07. The molecule has 0 radical (unpaired) electrons. The van der Waals surface area contributed by atoms with Gasteiger partial charge in [0.2, 0.25) is 0 Å². The molecule has 4 nitrogen and oxygen atoms in total. The van der Waals surface area contributed by atoms with E-state index in [1.807, 2.05) is 0 Å². The van der Waals surface area contributed by atoms with Gasteiger partial charge in [-0.3, -0.25) is 0 Å². The van der Waals surface area contributed by atoms with Gasteiger partial charge in [-0.2, -0.15) is 0 Å². The molecule has 112 valence electrons. The molecule has 0 saturated carbocycles. The monoisotopic (exact) mass is 271 g/mol. The number of hydrogen-bond acceptors (Lipinski definition) is 4. The van der Waals surface area contributed by atoms with Crippen LogP contribution in [0.25, 0.3) is 0 Å². The molecular formula is C15H29NO3. The summed E-state index contributed by atoms with van der Waals surface area (Å²) in [7, 11) is 1.78. The molecule has 2 rings (SSSR count). The zero-order chi connectivity index (χ0) is 13.6. The maximum Gasteiger partial charge on any atom is 0.0939 e. The van der Waals surface area contributed by atoms with Crippen LogP contribution in [0.2, 0.25) is 0 Å². The molecule has 1 N–H and O–H groups in total. The van der Waals surface area contributed by atoms with Gasteiger partial charge in [0.25, 0.3) is 0 Å². The molecule has 4 heteroatoms. The van der Waals surface area contributed by atoms with E-state index < -0.39 is 0 Å². The Hall–Kier alpha value is -0.160. The van der Waals surface area contributed by atoms with E-state index in [2.05, 4.69) is 12.2 Å². The Morgan fingerprint density at radius 3 is 3.00 bits per heavy atom. The third-order valence-electron chi connectivity index (χ3n) is 4.50. The molecule has 3 unspecified atom stereocenters. The molecule has 0 aliphatic carbocycles. The Balaban J connectivity index is 1.88. The summed E-state index contributed by atoms with van der Waals surface area (Å²) < 4.78 is 16.8. The van der Waals surface area contributed by atoms with Crippen LogP contribution >= 0.6 is 0 Å². The van der Waals surface area contributed by atoms with Crippen LogP contribution in [-0.4, -0.2) is 51.7 Å². The van der Waals surface area contributed by atoms with Crippen molar-refractivity contribution in [1.82, 2.24) is 5.32 Å². The normalized spacial score (nSPS) is 32.8. The minimum atomic E-state index is 0.0256. The molecule has 2 fully saturated rings. The van der Waals surface area contributed by atoms with Crippen molar-refractivity contribution >= 4 is 0 Å². The predicted octanol–water partition coefficient (Wildman–Crippen LogP) is 1.98. The van der Waals surface area contributed by atoms with E-state index in [4.69, 9.17) is 14.2 Å². The first-order valence-corrected chi connectivity index (χ1v) is 7.74. The standard InChI is InChI=1S/C15H29NO3/c1-3-16-14(5-4-8-17-2)13-6-9-19-15(11-13)7-10-18-12-15/h13-14,16H,3-12H2,1-2H3. The van der Waals surface area contributed by atoms with E-state index in [-0.39, 0.29) is 5.60 Å². The molecule has 1 spiro atoms. The van der Waals surface area contributed by atoms with E-state index in [9.17, 15) is 0 Å². The largest absolute Gasteiger partial charge is 0.385 e. The molecule has 0 bridgehead atoms. The summed E-state index contributed by atoms with van der Waals surface area (Å²) in [5.41, 5.74) is 0.0256. The van der Waals surface area contributed by atoms with Crippen molar-refractivity contribution in [2.75, 3.05) is 40.1 Å². The number of nitrogens with one attached hydrogen (secondary N) is 1. The summed E-state index contributed by atoms with van der Waals surface area (Å²) in [4.78, 5) is 0. The van der Waals surface area contributed by atoms with Gasteiger partial charge in [0.1, 0.15) is 0 Å². The van der Waals surface area contributed by atoms with Crippen LogP contribution in [0.15, 0.2) is 0 Å². The molecule has 19 heavy (non-hydrogen) atoms. The van der Waals surface area contributed by atoms with Gasteiger partial charge in [-0.15, -0.1) is 0 Å². The molecule has 2 aliphatic heterocycles. The quantitative estimate of drug-likeness (QED) is 0.719. The van der Waals surface area contributed by atoms with Crippen molar-refractivity contribution in [3.05, 3.63) is 0 Å². The summed E-state index contributed by atoms with van der Waals surface area (Å²) >= 11 is 0. The van der Waals surface area contributed by atoms with Crippen molar-refractivity contribution in [3.63, 3.8) is 0 Å². The third-order valence-corrected chi connectivity index (χ3v) is 4.50. The van der Waals surface area contributed by atoms with E-state index in [1.165, 1.54) is 12.8 Å². The smallest absolute Gasteiger partial charge is 0.0939 e. The maximum absolute atomic E-state index is 6.03. The molecule has 0 amide bonds. The van der Waals surface area contributed by atoms with Crippen molar-refractivity contribution in [3.8, 4) is 0 Å². The summed E-state index contributed by atoms with van der Waals surface area (Å²) in [6.45, 7) is 6.64. The highest BCUT2D eigenvalue weighted by atomic mass is 16.6. The number of methoxy groups -OCH3 is 1. The van der Waals surface area contributed by atoms with Gasteiger partial charge >= 0.3 is 0 Å². The Bertz CT molecular complexity index is 254. The predicted molar refractivity (Wildman–Crippen MR) is 75.4 cm³/mol. The van der Waals surface area contributed by atoms with Crippen LogP contribution in [0.1, 0.15) is 39.0 Å². The highest BCUT2D eigenvalue weighted by molar-refractivity contribution is 4.93.